The van der Waals surface area contributed by atoms with Crippen LogP contribution in [0.5, 0.6) is 0 Å². The average molecular weight is 268 g/mol. The Hall–Kier alpha value is -2.08. The molecule has 100 valence electrons. The summed E-state index contributed by atoms with van der Waals surface area (Å²) in [5.41, 5.74) is 6.09. The molecule has 0 spiro atoms. The van der Waals surface area contributed by atoms with Gasteiger partial charge in [-0.3, -0.25) is 4.98 Å². The lowest BCUT2D eigenvalue weighted by molar-refractivity contribution is -0.137. The zero-order chi connectivity index (χ0) is 14.0. The summed E-state index contributed by atoms with van der Waals surface area (Å²) in [5.74, 6) is 0. The van der Waals surface area contributed by atoms with E-state index in [9.17, 15) is 18.3 Å². The van der Waals surface area contributed by atoms with Crippen molar-refractivity contribution in [2.24, 2.45) is 0 Å². The maximum absolute atomic E-state index is 12.6. The summed E-state index contributed by atoms with van der Waals surface area (Å²) >= 11 is 0. The highest BCUT2D eigenvalue weighted by atomic mass is 19.4. The van der Waals surface area contributed by atoms with Gasteiger partial charge in [0.1, 0.15) is 0 Å². The Morgan fingerprint density at radius 1 is 1.21 bits per heavy atom. The first-order chi connectivity index (χ1) is 8.91. The van der Waals surface area contributed by atoms with E-state index < -0.39 is 11.7 Å². The zero-order valence-electron chi connectivity index (χ0n) is 9.78. The lowest BCUT2D eigenvalue weighted by Gasteiger charge is -2.11. The second-order valence-corrected chi connectivity index (χ2v) is 4.01. The molecule has 0 atom stereocenters. The summed E-state index contributed by atoms with van der Waals surface area (Å²) in [5, 5.41) is 9.22. The SMILES string of the molecule is Nc1cnc(-c2cccc(C(F)(F)F)c2)c(CO)c1. The first-order valence-corrected chi connectivity index (χ1v) is 5.44. The van der Waals surface area contributed by atoms with Crippen LogP contribution in [0.1, 0.15) is 11.1 Å². The number of halogens is 3. The molecule has 1 aromatic carbocycles. The smallest absolute Gasteiger partial charge is 0.397 e. The minimum Gasteiger partial charge on any atom is -0.397 e. The third kappa shape index (κ3) is 2.85. The van der Waals surface area contributed by atoms with Gasteiger partial charge in [0.05, 0.1) is 29.7 Å². The van der Waals surface area contributed by atoms with Gasteiger partial charge < -0.3 is 10.8 Å². The molecule has 0 aliphatic heterocycles. The van der Waals surface area contributed by atoms with E-state index in [4.69, 9.17) is 5.73 Å². The quantitative estimate of drug-likeness (QED) is 0.880. The van der Waals surface area contributed by atoms with Gasteiger partial charge in [-0.05, 0) is 18.2 Å². The number of rotatable bonds is 2. The summed E-state index contributed by atoms with van der Waals surface area (Å²) in [4.78, 5) is 3.99. The molecule has 0 fully saturated rings. The fourth-order valence-electron chi connectivity index (χ4n) is 1.75. The number of aliphatic hydroxyl groups excluding tert-OH is 1. The van der Waals surface area contributed by atoms with Crippen LogP contribution < -0.4 is 5.73 Å². The Labute approximate surface area is 107 Å². The van der Waals surface area contributed by atoms with Crippen LogP contribution in [0.25, 0.3) is 11.3 Å². The van der Waals surface area contributed by atoms with E-state index in [1.54, 1.807) is 0 Å². The van der Waals surface area contributed by atoms with E-state index in [-0.39, 0.29) is 6.61 Å². The van der Waals surface area contributed by atoms with E-state index in [0.717, 1.165) is 12.1 Å². The summed E-state index contributed by atoms with van der Waals surface area (Å²) in [6, 6.07) is 6.28. The first-order valence-electron chi connectivity index (χ1n) is 5.44. The minimum atomic E-state index is -4.41. The molecular formula is C13H11F3N2O. The van der Waals surface area contributed by atoms with Crippen LogP contribution in [-0.2, 0) is 12.8 Å². The molecule has 1 heterocycles. The van der Waals surface area contributed by atoms with Crippen molar-refractivity contribution in [1.29, 1.82) is 0 Å². The van der Waals surface area contributed by atoms with Gasteiger partial charge in [-0.1, -0.05) is 12.1 Å². The van der Waals surface area contributed by atoms with Gasteiger partial charge in [0, 0.05) is 11.1 Å². The molecular weight excluding hydrogens is 257 g/mol. The Morgan fingerprint density at radius 3 is 2.58 bits per heavy atom. The van der Waals surface area contributed by atoms with E-state index in [1.165, 1.54) is 24.4 Å². The van der Waals surface area contributed by atoms with Crippen LogP contribution in [0.4, 0.5) is 18.9 Å². The molecule has 2 aromatic rings. The van der Waals surface area contributed by atoms with Gasteiger partial charge in [0.15, 0.2) is 0 Å². The molecule has 0 radical (unpaired) electrons. The highest BCUT2D eigenvalue weighted by Gasteiger charge is 2.30. The Kier molecular flexibility index (Phi) is 3.44. The number of anilines is 1. The van der Waals surface area contributed by atoms with Crippen LogP contribution in [0, 0.1) is 0 Å². The number of nitrogen functional groups attached to an aromatic ring is 1. The Balaban J connectivity index is 2.53. The van der Waals surface area contributed by atoms with Gasteiger partial charge in [0.25, 0.3) is 0 Å². The van der Waals surface area contributed by atoms with Crippen molar-refractivity contribution in [3.8, 4) is 11.3 Å². The van der Waals surface area contributed by atoms with E-state index in [0.29, 0.717) is 22.5 Å². The molecule has 0 aliphatic rings. The van der Waals surface area contributed by atoms with Crippen molar-refractivity contribution in [3.63, 3.8) is 0 Å². The number of benzene rings is 1. The summed E-state index contributed by atoms with van der Waals surface area (Å²) in [6.07, 6.45) is -3.07. The number of hydrogen-bond donors (Lipinski definition) is 2. The second-order valence-electron chi connectivity index (χ2n) is 4.01. The molecule has 19 heavy (non-hydrogen) atoms. The van der Waals surface area contributed by atoms with Gasteiger partial charge in [-0.2, -0.15) is 13.2 Å². The zero-order valence-corrected chi connectivity index (χ0v) is 9.78. The van der Waals surface area contributed by atoms with Crippen molar-refractivity contribution >= 4 is 5.69 Å². The molecule has 0 saturated carbocycles. The van der Waals surface area contributed by atoms with E-state index >= 15 is 0 Å². The van der Waals surface area contributed by atoms with E-state index in [1.807, 2.05) is 0 Å². The molecule has 6 heteroatoms. The lowest BCUT2D eigenvalue weighted by Crippen LogP contribution is -2.05. The number of hydrogen-bond acceptors (Lipinski definition) is 3. The normalized spacial score (nSPS) is 11.6. The van der Waals surface area contributed by atoms with Crippen molar-refractivity contribution < 1.29 is 18.3 Å². The molecule has 3 nitrogen and oxygen atoms in total. The minimum absolute atomic E-state index is 0.291. The van der Waals surface area contributed by atoms with Crippen LogP contribution in [0.2, 0.25) is 0 Å². The number of aromatic nitrogens is 1. The number of alkyl halides is 3. The molecule has 1 aromatic heterocycles. The molecule has 0 aliphatic carbocycles. The number of pyridine rings is 1. The molecule has 0 bridgehead atoms. The van der Waals surface area contributed by atoms with Crippen molar-refractivity contribution in [3.05, 3.63) is 47.7 Å². The first kappa shape index (κ1) is 13.4. The largest absolute Gasteiger partial charge is 0.416 e. The van der Waals surface area contributed by atoms with Crippen LogP contribution >= 0.6 is 0 Å². The maximum atomic E-state index is 12.6. The van der Waals surface area contributed by atoms with Gasteiger partial charge in [-0.25, -0.2) is 0 Å². The molecule has 0 amide bonds. The number of aliphatic hydroxyl groups is 1. The number of nitrogens with two attached hydrogens (primary N) is 1. The maximum Gasteiger partial charge on any atom is 0.416 e. The molecule has 2 rings (SSSR count). The van der Waals surface area contributed by atoms with Gasteiger partial charge in [0.2, 0.25) is 0 Å². The summed E-state index contributed by atoms with van der Waals surface area (Å²) in [6.45, 7) is -0.344. The standard InChI is InChI=1S/C13H11F3N2O/c14-13(15,16)10-3-1-2-8(4-10)12-9(7-19)5-11(17)6-18-12/h1-6,19H,7,17H2. The highest BCUT2D eigenvalue weighted by molar-refractivity contribution is 5.65. The monoisotopic (exact) mass is 268 g/mol. The van der Waals surface area contributed by atoms with E-state index in [2.05, 4.69) is 4.98 Å². The predicted molar refractivity (Wildman–Crippen MR) is 65.0 cm³/mol. The third-order valence-corrected chi connectivity index (χ3v) is 2.62. The molecule has 3 N–H and O–H groups in total. The molecule has 0 unspecified atom stereocenters. The summed E-state index contributed by atoms with van der Waals surface area (Å²) < 4.78 is 37.9. The third-order valence-electron chi connectivity index (χ3n) is 2.62. The van der Waals surface area contributed by atoms with Crippen LogP contribution in [0.3, 0.4) is 0 Å². The fraction of sp³-hybridized carbons (Fsp3) is 0.154. The topological polar surface area (TPSA) is 59.1 Å². The predicted octanol–water partition coefficient (Wildman–Crippen LogP) is 2.84. The lowest BCUT2D eigenvalue weighted by atomic mass is 10.0. The van der Waals surface area contributed by atoms with Gasteiger partial charge in [-0.15, -0.1) is 0 Å². The summed E-state index contributed by atoms with van der Waals surface area (Å²) in [7, 11) is 0. The Morgan fingerprint density at radius 2 is 1.95 bits per heavy atom. The van der Waals surface area contributed by atoms with Gasteiger partial charge >= 0.3 is 6.18 Å². The second kappa shape index (κ2) is 4.89. The van der Waals surface area contributed by atoms with Crippen LogP contribution in [0.15, 0.2) is 36.5 Å². The van der Waals surface area contributed by atoms with Crippen molar-refractivity contribution in [2.45, 2.75) is 12.8 Å². The molecule has 0 saturated heterocycles. The fourth-order valence-corrected chi connectivity index (χ4v) is 1.75. The van der Waals surface area contributed by atoms with Crippen molar-refractivity contribution in [2.75, 3.05) is 5.73 Å². The highest BCUT2D eigenvalue weighted by Crippen LogP contribution is 2.32. The van der Waals surface area contributed by atoms with Crippen molar-refractivity contribution in [1.82, 2.24) is 4.98 Å². The number of nitrogens with zero attached hydrogens (tertiary/aromatic N) is 1. The average Bonchev–Trinajstić information content (AvgIpc) is 2.37. The van der Waals surface area contributed by atoms with Crippen LogP contribution in [-0.4, -0.2) is 10.1 Å². The Bertz CT molecular complexity index is 597.